The van der Waals surface area contributed by atoms with Crippen molar-refractivity contribution in [2.24, 2.45) is 0 Å². The van der Waals surface area contributed by atoms with E-state index in [1.165, 1.54) is 25.7 Å². The van der Waals surface area contributed by atoms with Crippen LogP contribution in [0.2, 0.25) is 0 Å². The van der Waals surface area contributed by atoms with Crippen LogP contribution in [-0.2, 0) is 0 Å². The van der Waals surface area contributed by atoms with Crippen LogP contribution >= 0.6 is 0 Å². The molecule has 80 valence electrons. The van der Waals surface area contributed by atoms with Crippen LogP contribution in [-0.4, -0.2) is 28.3 Å². The van der Waals surface area contributed by atoms with Gasteiger partial charge in [-0.3, -0.25) is 0 Å². The van der Waals surface area contributed by atoms with E-state index in [4.69, 9.17) is 0 Å². The smallest absolute Gasteiger partial charge is 0.148 e. The maximum atomic E-state index is 4.06. The molecule has 2 fully saturated rings. The minimum Gasteiger partial charge on any atom is -0.366 e. The number of hydrogen-bond donors (Lipinski definition) is 2. The van der Waals surface area contributed by atoms with Gasteiger partial charge in [-0.2, -0.15) is 5.10 Å². The topological polar surface area (TPSA) is 49.8 Å². The van der Waals surface area contributed by atoms with Crippen molar-refractivity contribution in [2.45, 2.75) is 43.8 Å². The summed E-state index contributed by atoms with van der Waals surface area (Å²) in [6, 6.07) is 5.92. The third-order valence-corrected chi connectivity index (χ3v) is 3.40. The van der Waals surface area contributed by atoms with Gasteiger partial charge in [-0.05, 0) is 37.8 Å². The van der Waals surface area contributed by atoms with Gasteiger partial charge in [0, 0.05) is 24.3 Å². The minimum atomic E-state index is 0.570. The molecule has 0 aromatic carbocycles. The molecule has 0 radical (unpaired) electrons. The number of aromatic nitrogens is 2. The van der Waals surface area contributed by atoms with Crippen LogP contribution in [0.4, 0.5) is 5.82 Å². The predicted molar refractivity (Wildman–Crippen MR) is 58.6 cm³/mol. The molecule has 2 saturated heterocycles. The number of hydrogen-bond acceptors (Lipinski definition) is 4. The molecule has 0 spiro atoms. The molecule has 1 aromatic rings. The lowest BCUT2D eigenvalue weighted by atomic mass is 10.00. The van der Waals surface area contributed by atoms with Crippen LogP contribution in [0.1, 0.15) is 25.7 Å². The van der Waals surface area contributed by atoms with Gasteiger partial charge >= 0.3 is 0 Å². The van der Waals surface area contributed by atoms with E-state index in [-0.39, 0.29) is 0 Å². The third kappa shape index (κ3) is 1.95. The van der Waals surface area contributed by atoms with Gasteiger partial charge in [0.05, 0.1) is 0 Å². The van der Waals surface area contributed by atoms with Crippen molar-refractivity contribution in [3.8, 4) is 0 Å². The summed E-state index contributed by atoms with van der Waals surface area (Å²) in [5, 5.41) is 15.0. The highest BCUT2D eigenvalue weighted by atomic mass is 15.2. The normalized spacial score (nSPS) is 34.0. The van der Waals surface area contributed by atoms with Gasteiger partial charge in [0.2, 0.25) is 0 Å². The van der Waals surface area contributed by atoms with Crippen LogP contribution in [0.25, 0.3) is 0 Å². The van der Waals surface area contributed by atoms with Crippen molar-refractivity contribution in [1.82, 2.24) is 15.5 Å². The molecule has 0 amide bonds. The molecule has 0 saturated carbocycles. The number of fused-ring (bicyclic) bond motifs is 2. The number of anilines is 1. The summed E-state index contributed by atoms with van der Waals surface area (Å²) in [5.74, 6) is 0.906. The van der Waals surface area contributed by atoms with Crippen LogP contribution in [0.5, 0.6) is 0 Å². The lowest BCUT2D eigenvalue weighted by molar-refractivity contribution is 0.377. The van der Waals surface area contributed by atoms with Gasteiger partial charge in [-0.1, -0.05) is 0 Å². The second-order valence-corrected chi connectivity index (χ2v) is 4.56. The molecule has 2 N–H and O–H groups in total. The van der Waals surface area contributed by atoms with Gasteiger partial charge in [0.25, 0.3) is 0 Å². The first-order valence-electron chi connectivity index (χ1n) is 5.70. The van der Waals surface area contributed by atoms with Gasteiger partial charge < -0.3 is 10.6 Å². The second kappa shape index (κ2) is 3.77. The summed E-state index contributed by atoms with van der Waals surface area (Å²) >= 11 is 0. The largest absolute Gasteiger partial charge is 0.366 e. The van der Waals surface area contributed by atoms with Gasteiger partial charge in [-0.15, -0.1) is 5.10 Å². The van der Waals surface area contributed by atoms with Crippen molar-refractivity contribution in [1.29, 1.82) is 0 Å². The minimum absolute atomic E-state index is 0.570. The van der Waals surface area contributed by atoms with Gasteiger partial charge in [0.1, 0.15) is 5.82 Å². The standard InChI is InChI=1S/C11H16N4/c1-2-11(15-12-5-1)14-10-6-8-3-4-9(7-10)13-8/h1-2,5,8-10,13H,3-4,6-7H2,(H,14,15)/t8-,9+,10?. The van der Waals surface area contributed by atoms with E-state index in [2.05, 4.69) is 20.8 Å². The Morgan fingerprint density at radius 2 is 2.07 bits per heavy atom. The third-order valence-electron chi connectivity index (χ3n) is 3.40. The number of piperidine rings is 1. The Labute approximate surface area is 89.5 Å². The van der Waals surface area contributed by atoms with E-state index in [1.807, 2.05) is 12.1 Å². The fourth-order valence-electron chi connectivity index (χ4n) is 2.76. The highest BCUT2D eigenvalue weighted by molar-refractivity contribution is 5.33. The first-order valence-corrected chi connectivity index (χ1v) is 5.70. The lowest BCUT2D eigenvalue weighted by Gasteiger charge is -2.29. The van der Waals surface area contributed by atoms with Crippen molar-refractivity contribution in [2.75, 3.05) is 5.32 Å². The maximum Gasteiger partial charge on any atom is 0.148 e. The van der Waals surface area contributed by atoms with Crippen LogP contribution < -0.4 is 10.6 Å². The van der Waals surface area contributed by atoms with Crippen LogP contribution in [0.15, 0.2) is 18.3 Å². The second-order valence-electron chi connectivity index (χ2n) is 4.56. The zero-order valence-electron chi connectivity index (χ0n) is 8.69. The summed E-state index contributed by atoms with van der Waals surface area (Å²) in [6.45, 7) is 0. The molecule has 1 unspecified atom stereocenters. The molecule has 2 bridgehead atoms. The van der Waals surface area contributed by atoms with Crippen molar-refractivity contribution < 1.29 is 0 Å². The number of nitrogens with one attached hydrogen (secondary N) is 2. The van der Waals surface area contributed by atoms with Crippen LogP contribution in [0.3, 0.4) is 0 Å². The van der Waals surface area contributed by atoms with Crippen LogP contribution in [0, 0.1) is 0 Å². The summed E-state index contributed by atoms with van der Waals surface area (Å²) < 4.78 is 0. The zero-order chi connectivity index (χ0) is 10.1. The lowest BCUT2D eigenvalue weighted by Crippen LogP contribution is -2.43. The van der Waals surface area contributed by atoms with E-state index < -0.39 is 0 Å². The van der Waals surface area contributed by atoms with Crippen molar-refractivity contribution in [3.05, 3.63) is 18.3 Å². The van der Waals surface area contributed by atoms with Gasteiger partial charge in [-0.25, -0.2) is 0 Å². The van der Waals surface area contributed by atoms with Crippen molar-refractivity contribution >= 4 is 5.82 Å². The molecule has 2 aliphatic rings. The molecule has 3 heterocycles. The average molecular weight is 204 g/mol. The fraction of sp³-hybridized carbons (Fsp3) is 0.636. The Kier molecular flexibility index (Phi) is 2.29. The molecule has 15 heavy (non-hydrogen) atoms. The molecule has 4 heteroatoms. The Morgan fingerprint density at radius 1 is 1.27 bits per heavy atom. The Bertz CT molecular complexity index is 315. The maximum absolute atomic E-state index is 4.06. The first kappa shape index (κ1) is 9.09. The summed E-state index contributed by atoms with van der Waals surface area (Å²) in [6.07, 6.45) is 6.81. The van der Waals surface area contributed by atoms with E-state index >= 15 is 0 Å². The first-order chi connectivity index (χ1) is 7.40. The monoisotopic (exact) mass is 204 g/mol. The summed E-state index contributed by atoms with van der Waals surface area (Å²) in [7, 11) is 0. The Hall–Kier alpha value is -1.16. The molecular formula is C11H16N4. The summed E-state index contributed by atoms with van der Waals surface area (Å²) in [4.78, 5) is 0. The number of nitrogens with zero attached hydrogens (tertiary/aromatic N) is 2. The molecule has 4 nitrogen and oxygen atoms in total. The molecule has 0 aliphatic carbocycles. The van der Waals surface area contributed by atoms with E-state index in [9.17, 15) is 0 Å². The van der Waals surface area contributed by atoms with E-state index in [0.717, 1.165) is 17.9 Å². The number of rotatable bonds is 2. The fourth-order valence-corrected chi connectivity index (χ4v) is 2.76. The van der Waals surface area contributed by atoms with E-state index in [0.29, 0.717) is 6.04 Å². The molecular weight excluding hydrogens is 188 g/mol. The predicted octanol–water partition coefficient (Wildman–Crippen LogP) is 1.17. The molecule has 3 atom stereocenters. The quantitative estimate of drug-likeness (QED) is 0.759. The SMILES string of the molecule is c1cnnc(NC2C[C@H]3CC[C@@H](C2)N3)c1. The zero-order valence-corrected chi connectivity index (χ0v) is 8.69. The highest BCUT2D eigenvalue weighted by Crippen LogP contribution is 2.28. The Balaban J connectivity index is 1.65. The average Bonchev–Trinajstić information content (AvgIpc) is 2.60. The molecule has 3 rings (SSSR count). The Morgan fingerprint density at radius 3 is 2.73 bits per heavy atom. The molecule has 1 aromatic heterocycles. The highest BCUT2D eigenvalue weighted by Gasteiger charge is 2.33. The van der Waals surface area contributed by atoms with E-state index in [1.54, 1.807) is 6.20 Å². The van der Waals surface area contributed by atoms with Crippen molar-refractivity contribution in [3.63, 3.8) is 0 Å². The molecule has 2 aliphatic heterocycles. The van der Waals surface area contributed by atoms with Gasteiger partial charge in [0.15, 0.2) is 0 Å². The summed E-state index contributed by atoms with van der Waals surface area (Å²) in [5.41, 5.74) is 0.